The molecule has 0 aromatic carbocycles. The molecule has 2 amide bonds. The Balaban J connectivity index is 1.36. The molecule has 4 heteroatoms. The maximum atomic E-state index is 12.4. The monoisotopic (exact) mass is 276 g/mol. The van der Waals surface area contributed by atoms with Crippen molar-refractivity contribution in [3.8, 4) is 0 Å². The molecular weight excluding hydrogens is 252 g/mol. The van der Waals surface area contributed by atoms with Crippen molar-refractivity contribution in [1.29, 1.82) is 0 Å². The Labute approximate surface area is 120 Å². The van der Waals surface area contributed by atoms with Gasteiger partial charge in [-0.25, -0.2) is 0 Å². The van der Waals surface area contributed by atoms with Crippen molar-refractivity contribution in [3.05, 3.63) is 0 Å². The van der Waals surface area contributed by atoms with Crippen LogP contribution in [0.5, 0.6) is 0 Å². The summed E-state index contributed by atoms with van der Waals surface area (Å²) in [5.74, 6) is 3.75. The number of carbonyl (C=O) groups is 2. The third-order valence-corrected chi connectivity index (χ3v) is 6.39. The molecule has 20 heavy (non-hydrogen) atoms. The Bertz CT molecular complexity index is 426. The molecule has 4 fully saturated rings. The zero-order chi connectivity index (χ0) is 13.7. The summed E-state index contributed by atoms with van der Waals surface area (Å²) in [6.45, 7) is 0.525. The molecule has 3 aliphatic carbocycles. The van der Waals surface area contributed by atoms with Crippen molar-refractivity contribution in [2.24, 2.45) is 29.6 Å². The number of piperidine rings is 1. The lowest BCUT2D eigenvalue weighted by Gasteiger charge is -2.33. The molecule has 110 valence electrons. The van der Waals surface area contributed by atoms with E-state index < -0.39 is 0 Å². The van der Waals surface area contributed by atoms with Crippen molar-refractivity contribution in [2.75, 3.05) is 6.54 Å². The minimum Gasteiger partial charge on any atom is -0.355 e. The van der Waals surface area contributed by atoms with Crippen LogP contribution in [0.15, 0.2) is 0 Å². The van der Waals surface area contributed by atoms with Crippen LogP contribution < -0.4 is 10.6 Å². The second kappa shape index (κ2) is 4.74. The third kappa shape index (κ3) is 1.95. The van der Waals surface area contributed by atoms with E-state index in [1.165, 1.54) is 32.1 Å². The highest BCUT2D eigenvalue weighted by Crippen LogP contribution is 2.58. The molecule has 0 aromatic heterocycles. The van der Waals surface area contributed by atoms with E-state index in [9.17, 15) is 9.59 Å². The molecule has 2 N–H and O–H groups in total. The first-order valence-corrected chi connectivity index (χ1v) is 8.29. The van der Waals surface area contributed by atoms with E-state index >= 15 is 0 Å². The summed E-state index contributed by atoms with van der Waals surface area (Å²) in [4.78, 5) is 23.5. The van der Waals surface area contributed by atoms with E-state index in [0.717, 1.165) is 23.7 Å². The van der Waals surface area contributed by atoms with Crippen LogP contribution >= 0.6 is 0 Å². The second-order valence-corrected chi connectivity index (χ2v) is 7.31. The molecule has 6 atom stereocenters. The average molecular weight is 276 g/mol. The van der Waals surface area contributed by atoms with Crippen LogP contribution in [0.1, 0.15) is 44.9 Å². The Morgan fingerprint density at radius 2 is 1.95 bits per heavy atom. The highest BCUT2D eigenvalue weighted by atomic mass is 16.2. The SMILES string of the molecule is O=C1CCC(C(=O)NC2CC3CC2C2CCCC32)CN1. The minimum absolute atomic E-state index is 0.00815. The maximum absolute atomic E-state index is 12.4. The van der Waals surface area contributed by atoms with Gasteiger partial charge in [0, 0.05) is 19.0 Å². The summed E-state index contributed by atoms with van der Waals surface area (Å²) in [7, 11) is 0. The van der Waals surface area contributed by atoms with Gasteiger partial charge in [0.15, 0.2) is 0 Å². The lowest BCUT2D eigenvalue weighted by Crippen LogP contribution is -2.48. The summed E-state index contributed by atoms with van der Waals surface area (Å²) in [6.07, 6.45) is 7.98. The van der Waals surface area contributed by atoms with Gasteiger partial charge in [-0.05, 0) is 55.8 Å². The predicted molar refractivity (Wildman–Crippen MR) is 74.7 cm³/mol. The predicted octanol–water partition coefficient (Wildman–Crippen LogP) is 1.45. The topological polar surface area (TPSA) is 58.2 Å². The molecule has 0 spiro atoms. The average Bonchev–Trinajstić information content (AvgIpc) is 3.11. The molecule has 4 nitrogen and oxygen atoms in total. The van der Waals surface area contributed by atoms with Crippen molar-refractivity contribution >= 4 is 11.8 Å². The number of amides is 2. The van der Waals surface area contributed by atoms with E-state index in [0.29, 0.717) is 25.4 Å². The number of nitrogens with one attached hydrogen (secondary N) is 2. The van der Waals surface area contributed by atoms with Crippen molar-refractivity contribution < 1.29 is 9.59 Å². The zero-order valence-corrected chi connectivity index (χ0v) is 11.9. The van der Waals surface area contributed by atoms with Crippen molar-refractivity contribution in [3.63, 3.8) is 0 Å². The molecule has 1 aliphatic heterocycles. The van der Waals surface area contributed by atoms with E-state index in [-0.39, 0.29) is 17.7 Å². The lowest BCUT2D eigenvalue weighted by molar-refractivity contribution is -0.129. The zero-order valence-electron chi connectivity index (χ0n) is 11.9. The summed E-state index contributed by atoms with van der Waals surface area (Å²) in [5, 5.41) is 6.13. The Morgan fingerprint density at radius 1 is 1.10 bits per heavy atom. The Morgan fingerprint density at radius 3 is 2.75 bits per heavy atom. The normalized spacial score (nSPS) is 46.1. The van der Waals surface area contributed by atoms with Crippen LogP contribution in [-0.2, 0) is 9.59 Å². The molecule has 3 saturated carbocycles. The fourth-order valence-corrected chi connectivity index (χ4v) is 5.49. The van der Waals surface area contributed by atoms with Gasteiger partial charge in [0.2, 0.25) is 11.8 Å². The second-order valence-electron chi connectivity index (χ2n) is 7.31. The van der Waals surface area contributed by atoms with Crippen molar-refractivity contribution in [2.45, 2.75) is 51.0 Å². The highest BCUT2D eigenvalue weighted by Gasteiger charge is 2.54. The fourth-order valence-electron chi connectivity index (χ4n) is 5.49. The van der Waals surface area contributed by atoms with Gasteiger partial charge in [-0.15, -0.1) is 0 Å². The van der Waals surface area contributed by atoms with Gasteiger partial charge in [0.1, 0.15) is 0 Å². The molecule has 4 rings (SSSR count). The first-order valence-electron chi connectivity index (χ1n) is 8.29. The van der Waals surface area contributed by atoms with Crippen LogP contribution in [-0.4, -0.2) is 24.4 Å². The van der Waals surface area contributed by atoms with Crippen LogP contribution in [0.3, 0.4) is 0 Å². The van der Waals surface area contributed by atoms with Gasteiger partial charge in [-0.2, -0.15) is 0 Å². The molecule has 1 heterocycles. The Kier molecular flexibility index (Phi) is 3.00. The van der Waals surface area contributed by atoms with Gasteiger partial charge >= 0.3 is 0 Å². The highest BCUT2D eigenvalue weighted by molar-refractivity contribution is 5.83. The van der Waals surface area contributed by atoms with E-state index in [4.69, 9.17) is 0 Å². The van der Waals surface area contributed by atoms with E-state index in [1.54, 1.807) is 0 Å². The molecule has 1 saturated heterocycles. The standard InChI is InChI=1S/C16H24N2O2/c19-15-5-4-9(8-17-15)16(20)18-14-7-10-6-13(14)12-3-1-2-11(10)12/h9-14H,1-8H2,(H,17,19)(H,18,20). The van der Waals surface area contributed by atoms with Crippen LogP contribution in [0.2, 0.25) is 0 Å². The number of fused-ring (bicyclic) bond motifs is 5. The molecule has 2 bridgehead atoms. The summed E-state index contributed by atoms with van der Waals surface area (Å²) in [6, 6.07) is 0.421. The lowest BCUT2D eigenvalue weighted by atomic mass is 9.79. The number of carbonyl (C=O) groups excluding carboxylic acids is 2. The Hall–Kier alpha value is -1.06. The van der Waals surface area contributed by atoms with E-state index in [1.807, 2.05) is 0 Å². The van der Waals surface area contributed by atoms with Crippen LogP contribution in [0, 0.1) is 29.6 Å². The number of hydrogen-bond acceptors (Lipinski definition) is 2. The first-order chi connectivity index (χ1) is 9.72. The van der Waals surface area contributed by atoms with Gasteiger partial charge in [0.25, 0.3) is 0 Å². The third-order valence-electron chi connectivity index (χ3n) is 6.39. The molecule has 0 radical (unpaired) electrons. The molecule has 4 aliphatic rings. The van der Waals surface area contributed by atoms with Crippen molar-refractivity contribution in [1.82, 2.24) is 10.6 Å². The van der Waals surface area contributed by atoms with Gasteiger partial charge in [-0.1, -0.05) is 6.42 Å². The van der Waals surface area contributed by atoms with Gasteiger partial charge in [-0.3, -0.25) is 9.59 Å². The first kappa shape index (κ1) is 12.7. The van der Waals surface area contributed by atoms with E-state index in [2.05, 4.69) is 10.6 Å². The van der Waals surface area contributed by atoms with Crippen LogP contribution in [0.4, 0.5) is 0 Å². The fraction of sp³-hybridized carbons (Fsp3) is 0.875. The largest absolute Gasteiger partial charge is 0.355 e. The molecular formula is C16H24N2O2. The maximum Gasteiger partial charge on any atom is 0.225 e. The minimum atomic E-state index is -0.00815. The molecule has 0 aromatic rings. The van der Waals surface area contributed by atoms with Gasteiger partial charge < -0.3 is 10.6 Å². The molecule has 6 unspecified atom stereocenters. The number of rotatable bonds is 2. The summed E-state index contributed by atoms with van der Waals surface area (Å²) in [5.41, 5.74) is 0. The summed E-state index contributed by atoms with van der Waals surface area (Å²) >= 11 is 0. The van der Waals surface area contributed by atoms with Gasteiger partial charge in [0.05, 0.1) is 5.92 Å². The smallest absolute Gasteiger partial charge is 0.225 e. The number of hydrogen-bond donors (Lipinski definition) is 2. The summed E-state index contributed by atoms with van der Waals surface area (Å²) < 4.78 is 0. The van der Waals surface area contributed by atoms with Crippen LogP contribution in [0.25, 0.3) is 0 Å². The quantitative estimate of drug-likeness (QED) is 0.802.